The second-order valence-corrected chi connectivity index (χ2v) is 6.02. The zero-order valence-electron chi connectivity index (χ0n) is 14.4. The minimum atomic E-state index is -0.185. The molecule has 0 spiro atoms. The van der Waals surface area contributed by atoms with Crippen molar-refractivity contribution in [2.24, 2.45) is 0 Å². The van der Waals surface area contributed by atoms with Crippen molar-refractivity contribution in [2.45, 2.75) is 13.0 Å². The molecule has 3 aromatic rings. The van der Waals surface area contributed by atoms with Crippen LogP contribution in [0.1, 0.15) is 21.7 Å². The molecule has 1 amide bonds. The lowest BCUT2D eigenvalue weighted by Crippen LogP contribution is -2.28. The van der Waals surface area contributed by atoms with Crippen LogP contribution >= 0.6 is 0 Å². The summed E-state index contributed by atoms with van der Waals surface area (Å²) in [6.45, 7) is 0.868. The summed E-state index contributed by atoms with van der Waals surface area (Å²) in [5.41, 5.74) is 3.22. The predicted molar refractivity (Wildman–Crippen MR) is 96.9 cm³/mol. The first-order valence-electron chi connectivity index (χ1n) is 8.46. The largest absolute Gasteiger partial charge is 0.497 e. The SMILES string of the molecule is COc1ccc(CCNC(=O)c2ncn3c2COc2ccccc2-3)cc1. The summed E-state index contributed by atoms with van der Waals surface area (Å²) in [6.07, 6.45) is 2.42. The second-order valence-electron chi connectivity index (χ2n) is 6.02. The van der Waals surface area contributed by atoms with Gasteiger partial charge in [-0.15, -0.1) is 0 Å². The summed E-state index contributed by atoms with van der Waals surface area (Å²) in [4.78, 5) is 16.8. The summed E-state index contributed by atoms with van der Waals surface area (Å²) >= 11 is 0. The zero-order valence-corrected chi connectivity index (χ0v) is 14.4. The van der Waals surface area contributed by atoms with Crippen LogP contribution in [0.25, 0.3) is 5.69 Å². The number of nitrogens with one attached hydrogen (secondary N) is 1. The Kier molecular flexibility index (Phi) is 4.31. The van der Waals surface area contributed by atoms with E-state index in [0.717, 1.165) is 34.9 Å². The first kappa shape index (κ1) is 16.2. The number of benzene rings is 2. The van der Waals surface area contributed by atoms with E-state index in [0.29, 0.717) is 18.8 Å². The third-order valence-electron chi connectivity index (χ3n) is 4.43. The average molecular weight is 349 g/mol. The first-order valence-corrected chi connectivity index (χ1v) is 8.46. The Labute approximate surface area is 151 Å². The highest BCUT2D eigenvalue weighted by Crippen LogP contribution is 2.30. The number of aromatic nitrogens is 2. The predicted octanol–water partition coefficient (Wildman–Crippen LogP) is 2.75. The van der Waals surface area contributed by atoms with E-state index in [-0.39, 0.29) is 5.91 Å². The summed E-state index contributed by atoms with van der Waals surface area (Å²) in [6, 6.07) is 15.5. The minimum absolute atomic E-state index is 0.185. The van der Waals surface area contributed by atoms with E-state index in [1.807, 2.05) is 53.1 Å². The van der Waals surface area contributed by atoms with Gasteiger partial charge in [-0.05, 0) is 36.2 Å². The normalized spacial score (nSPS) is 11.9. The van der Waals surface area contributed by atoms with Crippen LogP contribution < -0.4 is 14.8 Å². The van der Waals surface area contributed by atoms with Gasteiger partial charge in [0.1, 0.15) is 24.4 Å². The molecule has 1 N–H and O–H groups in total. The number of hydrogen-bond acceptors (Lipinski definition) is 4. The van der Waals surface area contributed by atoms with Gasteiger partial charge >= 0.3 is 0 Å². The van der Waals surface area contributed by atoms with E-state index >= 15 is 0 Å². The molecule has 0 saturated heterocycles. The number of ether oxygens (including phenoxy) is 2. The number of imidazole rings is 1. The van der Waals surface area contributed by atoms with Crippen molar-refractivity contribution in [1.82, 2.24) is 14.9 Å². The Morgan fingerprint density at radius 3 is 2.85 bits per heavy atom. The molecule has 0 radical (unpaired) electrons. The smallest absolute Gasteiger partial charge is 0.271 e. The number of nitrogens with zero attached hydrogens (tertiary/aromatic N) is 2. The van der Waals surface area contributed by atoms with Gasteiger partial charge in [-0.25, -0.2) is 4.98 Å². The number of carbonyl (C=O) groups is 1. The van der Waals surface area contributed by atoms with Crippen molar-refractivity contribution in [3.63, 3.8) is 0 Å². The molecule has 6 nitrogen and oxygen atoms in total. The second kappa shape index (κ2) is 6.92. The van der Waals surface area contributed by atoms with Gasteiger partial charge < -0.3 is 14.8 Å². The van der Waals surface area contributed by atoms with Crippen molar-refractivity contribution >= 4 is 5.91 Å². The third kappa shape index (κ3) is 3.01. The highest BCUT2D eigenvalue weighted by atomic mass is 16.5. The Balaban J connectivity index is 1.42. The molecular formula is C20H19N3O3. The van der Waals surface area contributed by atoms with Crippen molar-refractivity contribution in [1.29, 1.82) is 0 Å². The number of hydrogen-bond donors (Lipinski definition) is 1. The number of rotatable bonds is 5. The summed E-state index contributed by atoms with van der Waals surface area (Å²) in [5, 5.41) is 2.93. The number of amides is 1. The van der Waals surface area contributed by atoms with Crippen molar-refractivity contribution in [3.05, 3.63) is 71.8 Å². The fourth-order valence-electron chi connectivity index (χ4n) is 3.03. The van der Waals surface area contributed by atoms with Gasteiger partial charge in [-0.2, -0.15) is 0 Å². The van der Waals surface area contributed by atoms with Crippen molar-refractivity contribution in [2.75, 3.05) is 13.7 Å². The molecule has 0 atom stereocenters. The molecule has 0 unspecified atom stereocenters. The van der Waals surface area contributed by atoms with Crippen molar-refractivity contribution in [3.8, 4) is 17.2 Å². The molecule has 2 aromatic carbocycles. The molecule has 0 aliphatic carbocycles. The van der Waals surface area contributed by atoms with Crippen LogP contribution in [0.15, 0.2) is 54.9 Å². The molecular weight excluding hydrogens is 330 g/mol. The molecule has 0 fully saturated rings. The van der Waals surface area contributed by atoms with E-state index in [2.05, 4.69) is 10.3 Å². The third-order valence-corrected chi connectivity index (χ3v) is 4.43. The van der Waals surface area contributed by atoms with E-state index in [9.17, 15) is 4.79 Å². The van der Waals surface area contributed by atoms with Crippen LogP contribution in [0.4, 0.5) is 0 Å². The van der Waals surface area contributed by atoms with Crippen molar-refractivity contribution < 1.29 is 14.3 Å². The molecule has 1 aliphatic rings. The summed E-state index contributed by atoms with van der Waals surface area (Å²) in [5.74, 6) is 1.43. The fraction of sp³-hybridized carbons (Fsp3) is 0.200. The number of para-hydroxylation sites is 2. The Morgan fingerprint density at radius 1 is 1.23 bits per heavy atom. The molecule has 6 heteroatoms. The van der Waals surface area contributed by atoms with Crippen LogP contribution in [0.5, 0.6) is 11.5 Å². The van der Waals surface area contributed by atoms with Crippen LogP contribution in [0.2, 0.25) is 0 Å². The van der Waals surface area contributed by atoms with E-state index in [1.54, 1.807) is 13.4 Å². The minimum Gasteiger partial charge on any atom is -0.497 e. The zero-order chi connectivity index (χ0) is 17.9. The number of carbonyl (C=O) groups excluding carboxylic acids is 1. The highest BCUT2D eigenvalue weighted by molar-refractivity contribution is 5.93. The summed E-state index contributed by atoms with van der Waals surface area (Å²) in [7, 11) is 1.64. The maximum absolute atomic E-state index is 12.5. The molecule has 1 aliphatic heterocycles. The van der Waals surface area contributed by atoms with Gasteiger partial charge in [0.2, 0.25) is 0 Å². The molecule has 1 aromatic heterocycles. The van der Waals surface area contributed by atoms with Gasteiger partial charge in [-0.1, -0.05) is 24.3 Å². The van der Waals surface area contributed by atoms with Gasteiger partial charge in [-0.3, -0.25) is 9.36 Å². The van der Waals surface area contributed by atoms with Gasteiger partial charge in [0.05, 0.1) is 18.5 Å². The van der Waals surface area contributed by atoms with E-state index in [4.69, 9.17) is 9.47 Å². The topological polar surface area (TPSA) is 65.4 Å². The van der Waals surface area contributed by atoms with Crippen LogP contribution in [-0.4, -0.2) is 29.1 Å². The maximum Gasteiger partial charge on any atom is 0.271 e. The van der Waals surface area contributed by atoms with Crippen LogP contribution in [0.3, 0.4) is 0 Å². The average Bonchev–Trinajstić information content (AvgIpc) is 3.13. The molecule has 0 bridgehead atoms. The highest BCUT2D eigenvalue weighted by Gasteiger charge is 2.24. The Hall–Kier alpha value is -3.28. The maximum atomic E-state index is 12.5. The molecule has 132 valence electrons. The molecule has 2 heterocycles. The van der Waals surface area contributed by atoms with Gasteiger partial charge in [0, 0.05) is 6.54 Å². The first-order chi connectivity index (χ1) is 12.8. The fourth-order valence-corrected chi connectivity index (χ4v) is 3.03. The van der Waals surface area contributed by atoms with Gasteiger partial charge in [0.25, 0.3) is 5.91 Å². The van der Waals surface area contributed by atoms with Crippen LogP contribution in [-0.2, 0) is 13.0 Å². The molecule has 0 saturated carbocycles. The van der Waals surface area contributed by atoms with E-state index < -0.39 is 0 Å². The quantitative estimate of drug-likeness (QED) is 0.769. The number of fused-ring (bicyclic) bond motifs is 3. The number of methoxy groups -OCH3 is 1. The van der Waals surface area contributed by atoms with Crippen LogP contribution in [0, 0.1) is 0 Å². The Bertz CT molecular complexity index is 932. The summed E-state index contributed by atoms with van der Waals surface area (Å²) < 4.78 is 12.8. The standard InChI is InChI=1S/C20H19N3O3/c1-25-15-8-6-14(7-9-15)10-11-21-20(24)19-17-12-26-18-5-3-2-4-16(18)23(17)13-22-19/h2-9,13H,10-12H2,1H3,(H,21,24). The lowest BCUT2D eigenvalue weighted by atomic mass is 10.1. The monoisotopic (exact) mass is 349 g/mol. The lowest BCUT2D eigenvalue weighted by molar-refractivity contribution is 0.0946. The molecule has 4 rings (SSSR count). The lowest BCUT2D eigenvalue weighted by Gasteiger charge is -2.20. The van der Waals surface area contributed by atoms with E-state index in [1.165, 1.54) is 0 Å². The van der Waals surface area contributed by atoms with Gasteiger partial charge in [0.15, 0.2) is 5.69 Å². The Morgan fingerprint density at radius 2 is 2.04 bits per heavy atom. The molecule has 26 heavy (non-hydrogen) atoms.